The van der Waals surface area contributed by atoms with E-state index in [1.54, 1.807) is 16.2 Å². The van der Waals surface area contributed by atoms with Gasteiger partial charge in [0.05, 0.1) is 16.3 Å². The molecule has 1 saturated heterocycles. The maximum atomic E-state index is 12.0. The van der Waals surface area contributed by atoms with Gasteiger partial charge >= 0.3 is 0 Å². The zero-order valence-electron chi connectivity index (χ0n) is 9.11. The second-order valence-corrected chi connectivity index (χ2v) is 6.30. The zero-order chi connectivity index (χ0) is 11.5. The molecular formula is C11H14BrNO2S. The Hall–Kier alpha value is -0.390. The van der Waals surface area contributed by atoms with Crippen LogP contribution in [0.3, 0.4) is 0 Å². The van der Waals surface area contributed by atoms with E-state index in [2.05, 4.69) is 27.4 Å². The zero-order valence-corrected chi connectivity index (χ0v) is 11.5. The Balaban J connectivity index is 1.91. The van der Waals surface area contributed by atoms with E-state index in [0.29, 0.717) is 19.8 Å². The number of nitrogens with zero attached hydrogens (tertiary/aromatic N) is 1. The quantitative estimate of drug-likeness (QED) is 0.859. The van der Waals surface area contributed by atoms with Crippen LogP contribution in [0.25, 0.3) is 0 Å². The fourth-order valence-electron chi connectivity index (χ4n) is 1.82. The number of ether oxygens (including phenoxy) is 1. The van der Waals surface area contributed by atoms with E-state index in [9.17, 15) is 4.79 Å². The highest BCUT2D eigenvalue weighted by atomic mass is 79.9. The van der Waals surface area contributed by atoms with Crippen LogP contribution in [-0.2, 0) is 16.1 Å². The average molecular weight is 304 g/mol. The van der Waals surface area contributed by atoms with Gasteiger partial charge in [-0.05, 0) is 39.4 Å². The molecule has 2 heterocycles. The van der Waals surface area contributed by atoms with Crippen LogP contribution in [0.2, 0.25) is 0 Å². The largest absolute Gasteiger partial charge is 0.381 e. The third kappa shape index (κ3) is 2.84. The minimum atomic E-state index is 0.0621. The topological polar surface area (TPSA) is 29.5 Å². The van der Waals surface area contributed by atoms with Gasteiger partial charge in [0.2, 0.25) is 5.91 Å². The van der Waals surface area contributed by atoms with Crippen molar-refractivity contribution in [3.8, 4) is 0 Å². The van der Waals surface area contributed by atoms with Crippen LogP contribution < -0.4 is 0 Å². The number of thiophene rings is 1. The normalized spacial score (nSPS) is 20.0. The Kier molecular flexibility index (Phi) is 4.00. The maximum absolute atomic E-state index is 12.0. The van der Waals surface area contributed by atoms with Crippen LogP contribution in [0.5, 0.6) is 0 Å². The Morgan fingerprint density at radius 2 is 2.56 bits per heavy atom. The lowest BCUT2D eigenvalue weighted by Crippen LogP contribution is -2.32. The minimum Gasteiger partial charge on any atom is -0.381 e. The summed E-state index contributed by atoms with van der Waals surface area (Å²) in [7, 11) is 1.85. The molecular weight excluding hydrogens is 290 g/mol. The first-order valence-electron chi connectivity index (χ1n) is 5.22. The first kappa shape index (κ1) is 12.1. The van der Waals surface area contributed by atoms with E-state index in [-0.39, 0.29) is 11.8 Å². The van der Waals surface area contributed by atoms with Crippen molar-refractivity contribution in [2.45, 2.75) is 13.0 Å². The van der Waals surface area contributed by atoms with Crippen LogP contribution in [0.4, 0.5) is 0 Å². The summed E-state index contributed by atoms with van der Waals surface area (Å²) in [5.74, 6) is 0.256. The Bertz CT molecular complexity index is 374. The second kappa shape index (κ2) is 5.29. The van der Waals surface area contributed by atoms with E-state index in [4.69, 9.17) is 4.74 Å². The molecule has 0 aliphatic carbocycles. The Morgan fingerprint density at radius 3 is 3.12 bits per heavy atom. The molecule has 1 aromatic rings. The summed E-state index contributed by atoms with van der Waals surface area (Å²) in [5.41, 5.74) is 1.17. The molecule has 0 saturated carbocycles. The van der Waals surface area contributed by atoms with Gasteiger partial charge < -0.3 is 9.64 Å². The lowest BCUT2D eigenvalue weighted by atomic mass is 10.1. The van der Waals surface area contributed by atoms with Gasteiger partial charge in [0, 0.05) is 20.2 Å². The molecule has 1 fully saturated rings. The predicted octanol–water partition coefficient (Wildman–Crippen LogP) is 2.51. The number of hydrogen-bond acceptors (Lipinski definition) is 3. The van der Waals surface area contributed by atoms with E-state index >= 15 is 0 Å². The van der Waals surface area contributed by atoms with Gasteiger partial charge in [0.1, 0.15) is 0 Å². The Labute approximate surface area is 108 Å². The molecule has 0 spiro atoms. The number of rotatable bonds is 3. The third-order valence-corrected chi connectivity index (χ3v) is 4.25. The standard InChI is InChI=1S/C11H14BrNO2S/c1-13(5-8-4-10(12)16-7-8)11(14)9-2-3-15-6-9/h4,7,9H,2-3,5-6H2,1H3. The molecule has 0 aromatic carbocycles. The summed E-state index contributed by atoms with van der Waals surface area (Å²) >= 11 is 5.06. The summed E-state index contributed by atoms with van der Waals surface area (Å²) < 4.78 is 6.33. The fraction of sp³-hybridized carbons (Fsp3) is 0.545. The lowest BCUT2D eigenvalue weighted by Gasteiger charge is -2.19. The molecule has 1 aliphatic heterocycles. The van der Waals surface area contributed by atoms with Crippen LogP contribution in [0, 0.1) is 5.92 Å². The van der Waals surface area contributed by atoms with Gasteiger partial charge in [0.25, 0.3) is 0 Å². The monoisotopic (exact) mass is 303 g/mol. The minimum absolute atomic E-state index is 0.0621. The highest BCUT2D eigenvalue weighted by molar-refractivity contribution is 9.11. The summed E-state index contributed by atoms with van der Waals surface area (Å²) in [6.07, 6.45) is 0.858. The van der Waals surface area contributed by atoms with Crippen molar-refractivity contribution in [3.05, 3.63) is 20.8 Å². The van der Waals surface area contributed by atoms with Crippen LogP contribution in [-0.4, -0.2) is 31.1 Å². The first-order chi connectivity index (χ1) is 7.66. The first-order valence-corrected chi connectivity index (χ1v) is 6.89. The molecule has 1 amide bonds. The van der Waals surface area contributed by atoms with Crippen LogP contribution in [0.15, 0.2) is 15.2 Å². The van der Waals surface area contributed by atoms with E-state index in [1.807, 2.05) is 7.05 Å². The van der Waals surface area contributed by atoms with Gasteiger partial charge in [-0.3, -0.25) is 4.79 Å². The summed E-state index contributed by atoms with van der Waals surface area (Å²) in [4.78, 5) is 13.8. The van der Waals surface area contributed by atoms with Crippen molar-refractivity contribution in [2.24, 2.45) is 5.92 Å². The van der Waals surface area contributed by atoms with Gasteiger partial charge in [-0.2, -0.15) is 0 Å². The van der Waals surface area contributed by atoms with E-state index < -0.39 is 0 Å². The van der Waals surface area contributed by atoms with Gasteiger partial charge in [-0.1, -0.05) is 0 Å². The molecule has 1 aromatic heterocycles. The number of halogens is 1. The molecule has 5 heteroatoms. The van der Waals surface area contributed by atoms with Crippen molar-refractivity contribution in [1.82, 2.24) is 4.90 Å². The molecule has 1 aliphatic rings. The average Bonchev–Trinajstić information content (AvgIpc) is 2.88. The van der Waals surface area contributed by atoms with Crippen molar-refractivity contribution >= 4 is 33.2 Å². The smallest absolute Gasteiger partial charge is 0.228 e. The molecule has 88 valence electrons. The highest BCUT2D eigenvalue weighted by Crippen LogP contribution is 2.22. The van der Waals surface area contributed by atoms with Crippen LogP contribution >= 0.6 is 27.3 Å². The maximum Gasteiger partial charge on any atom is 0.228 e. The molecule has 3 nitrogen and oxygen atoms in total. The van der Waals surface area contributed by atoms with Gasteiger partial charge in [-0.15, -0.1) is 11.3 Å². The number of amides is 1. The van der Waals surface area contributed by atoms with Gasteiger partial charge in [0.15, 0.2) is 0 Å². The summed E-state index contributed by atoms with van der Waals surface area (Å²) in [6.45, 7) is 1.97. The Morgan fingerprint density at radius 1 is 1.75 bits per heavy atom. The van der Waals surface area contributed by atoms with Gasteiger partial charge in [-0.25, -0.2) is 0 Å². The second-order valence-electron chi connectivity index (χ2n) is 4.01. The van der Waals surface area contributed by atoms with E-state index in [1.165, 1.54) is 5.56 Å². The molecule has 1 atom stereocenters. The summed E-state index contributed by atoms with van der Waals surface area (Å²) in [6, 6.07) is 2.06. The molecule has 0 N–H and O–H groups in total. The third-order valence-electron chi connectivity index (χ3n) is 2.70. The SMILES string of the molecule is CN(Cc1csc(Br)c1)C(=O)C1CCOC1. The number of carbonyl (C=O) groups excluding carboxylic acids is 1. The van der Waals surface area contributed by atoms with Crippen molar-refractivity contribution in [3.63, 3.8) is 0 Å². The molecule has 0 bridgehead atoms. The lowest BCUT2D eigenvalue weighted by molar-refractivity contribution is -0.134. The highest BCUT2D eigenvalue weighted by Gasteiger charge is 2.26. The molecule has 0 radical (unpaired) electrons. The van der Waals surface area contributed by atoms with Crippen molar-refractivity contribution < 1.29 is 9.53 Å². The number of hydrogen-bond donors (Lipinski definition) is 0. The molecule has 1 unspecified atom stereocenters. The predicted molar refractivity (Wildman–Crippen MR) is 67.4 cm³/mol. The van der Waals surface area contributed by atoms with E-state index in [0.717, 1.165) is 10.2 Å². The summed E-state index contributed by atoms with van der Waals surface area (Å²) in [5, 5.41) is 2.07. The molecule has 2 rings (SSSR count). The number of carbonyl (C=O) groups is 1. The van der Waals surface area contributed by atoms with Crippen molar-refractivity contribution in [2.75, 3.05) is 20.3 Å². The molecule has 16 heavy (non-hydrogen) atoms. The van der Waals surface area contributed by atoms with Crippen LogP contribution in [0.1, 0.15) is 12.0 Å². The fourth-order valence-corrected chi connectivity index (χ4v) is 3.02. The van der Waals surface area contributed by atoms with Crippen molar-refractivity contribution in [1.29, 1.82) is 0 Å².